The number of hydrogen-bond donors (Lipinski definition) is 2. The Morgan fingerprint density at radius 3 is 2.54 bits per heavy atom. The van der Waals surface area contributed by atoms with Gasteiger partial charge in [-0.25, -0.2) is 9.97 Å². The summed E-state index contributed by atoms with van der Waals surface area (Å²) in [5, 5.41) is 17.6. The summed E-state index contributed by atoms with van der Waals surface area (Å²) >= 11 is 0. The lowest BCUT2D eigenvalue weighted by molar-refractivity contribution is 0.474. The second-order valence-electron chi connectivity index (χ2n) is 7.26. The molecule has 0 unspecified atom stereocenters. The standard InChI is InChI=1S/C22H21N5O/c28-19-4-2-18(3-5-19)27-9-7-15(8-10-27)22-20-11-16(17-12-25-26-13-17)1-6-21(20)23-14-24-22/h1-6,11-15,28H,7-10H2,(H,25,26). The van der Waals surface area contributed by atoms with Crippen molar-refractivity contribution in [1.29, 1.82) is 0 Å². The van der Waals surface area contributed by atoms with Crippen LogP contribution in [-0.2, 0) is 0 Å². The molecular weight excluding hydrogens is 350 g/mol. The smallest absolute Gasteiger partial charge is 0.116 e. The van der Waals surface area contributed by atoms with Gasteiger partial charge in [0.05, 0.1) is 17.4 Å². The third kappa shape index (κ3) is 3.07. The number of H-pyrrole nitrogens is 1. The third-order valence-corrected chi connectivity index (χ3v) is 5.59. The highest BCUT2D eigenvalue weighted by molar-refractivity contribution is 5.86. The molecule has 28 heavy (non-hydrogen) atoms. The second kappa shape index (κ2) is 6.96. The summed E-state index contributed by atoms with van der Waals surface area (Å²) in [6.07, 6.45) is 7.51. The maximum Gasteiger partial charge on any atom is 0.116 e. The lowest BCUT2D eigenvalue weighted by atomic mass is 9.90. The zero-order valence-corrected chi connectivity index (χ0v) is 15.4. The van der Waals surface area contributed by atoms with Crippen molar-refractivity contribution in [2.24, 2.45) is 0 Å². The van der Waals surface area contributed by atoms with Crippen LogP contribution in [0.5, 0.6) is 5.75 Å². The maximum absolute atomic E-state index is 9.50. The Labute approximate surface area is 162 Å². The molecule has 0 bridgehead atoms. The number of nitrogens with one attached hydrogen (secondary N) is 1. The fourth-order valence-electron chi connectivity index (χ4n) is 4.06. The normalized spacial score (nSPS) is 15.2. The number of anilines is 1. The maximum atomic E-state index is 9.50. The van der Waals surface area contributed by atoms with Crippen molar-refractivity contribution in [3.8, 4) is 16.9 Å². The molecule has 6 heteroatoms. The zero-order valence-electron chi connectivity index (χ0n) is 15.4. The van der Waals surface area contributed by atoms with Crippen LogP contribution in [-0.4, -0.2) is 38.4 Å². The van der Waals surface area contributed by atoms with Crippen LogP contribution in [0, 0.1) is 0 Å². The minimum absolute atomic E-state index is 0.305. The molecule has 2 aromatic heterocycles. The van der Waals surface area contributed by atoms with Crippen LogP contribution >= 0.6 is 0 Å². The van der Waals surface area contributed by atoms with Crippen LogP contribution in [0.15, 0.2) is 61.2 Å². The predicted molar refractivity (Wildman–Crippen MR) is 109 cm³/mol. The Balaban J connectivity index is 1.42. The molecule has 5 rings (SSSR count). The zero-order chi connectivity index (χ0) is 18.9. The van der Waals surface area contributed by atoms with Crippen LogP contribution in [0.2, 0.25) is 0 Å². The molecule has 140 valence electrons. The molecule has 0 spiro atoms. The largest absolute Gasteiger partial charge is 0.508 e. The molecule has 0 aliphatic carbocycles. The van der Waals surface area contributed by atoms with Crippen molar-refractivity contribution in [3.63, 3.8) is 0 Å². The van der Waals surface area contributed by atoms with Crippen molar-refractivity contribution >= 4 is 16.6 Å². The Kier molecular flexibility index (Phi) is 4.16. The molecule has 2 N–H and O–H groups in total. The van der Waals surface area contributed by atoms with E-state index < -0.39 is 0 Å². The van der Waals surface area contributed by atoms with Gasteiger partial charge in [-0.15, -0.1) is 0 Å². The van der Waals surface area contributed by atoms with Gasteiger partial charge in [0.1, 0.15) is 12.1 Å². The van der Waals surface area contributed by atoms with Crippen molar-refractivity contribution in [3.05, 3.63) is 66.9 Å². The first-order valence-corrected chi connectivity index (χ1v) is 9.56. The summed E-state index contributed by atoms with van der Waals surface area (Å²) in [6.45, 7) is 1.95. The van der Waals surface area contributed by atoms with Gasteiger partial charge >= 0.3 is 0 Å². The van der Waals surface area contributed by atoms with Gasteiger partial charge in [0.25, 0.3) is 0 Å². The number of rotatable bonds is 3. The highest BCUT2D eigenvalue weighted by Crippen LogP contribution is 2.34. The van der Waals surface area contributed by atoms with Crippen LogP contribution in [0.4, 0.5) is 5.69 Å². The SMILES string of the molecule is Oc1ccc(N2CCC(c3ncnc4ccc(-c5cn[nH]c5)cc34)CC2)cc1. The van der Waals surface area contributed by atoms with E-state index in [1.807, 2.05) is 24.5 Å². The predicted octanol–water partition coefficient (Wildman–Crippen LogP) is 4.11. The van der Waals surface area contributed by atoms with E-state index in [-0.39, 0.29) is 0 Å². The van der Waals surface area contributed by atoms with Crippen molar-refractivity contribution in [1.82, 2.24) is 20.2 Å². The molecule has 0 saturated carbocycles. The molecule has 1 aliphatic rings. The number of phenolic OH excluding ortho intramolecular Hbond substituents is 1. The number of benzene rings is 2. The summed E-state index contributed by atoms with van der Waals surface area (Å²) < 4.78 is 0. The average Bonchev–Trinajstić information content (AvgIpc) is 3.29. The fourth-order valence-corrected chi connectivity index (χ4v) is 4.06. The Morgan fingerprint density at radius 2 is 1.79 bits per heavy atom. The van der Waals surface area contributed by atoms with Crippen LogP contribution in [0.1, 0.15) is 24.5 Å². The Bertz CT molecular complexity index is 1080. The lowest BCUT2D eigenvalue weighted by Crippen LogP contribution is -2.33. The first-order valence-electron chi connectivity index (χ1n) is 9.56. The van der Waals surface area contributed by atoms with E-state index in [0.29, 0.717) is 11.7 Å². The van der Waals surface area contributed by atoms with Crippen LogP contribution < -0.4 is 4.90 Å². The first-order chi connectivity index (χ1) is 13.8. The topological polar surface area (TPSA) is 77.9 Å². The summed E-state index contributed by atoms with van der Waals surface area (Å²) in [5.41, 5.74) is 5.47. The van der Waals surface area contributed by atoms with Crippen LogP contribution in [0.3, 0.4) is 0 Å². The molecule has 4 aromatic rings. The number of phenols is 1. The second-order valence-corrected chi connectivity index (χ2v) is 7.26. The molecule has 0 radical (unpaired) electrons. The van der Waals surface area contributed by atoms with Gasteiger partial charge in [-0.1, -0.05) is 6.07 Å². The quantitative estimate of drug-likeness (QED) is 0.567. The number of nitrogens with zero attached hydrogens (tertiary/aromatic N) is 4. The number of aromatic nitrogens is 4. The fraction of sp³-hybridized carbons (Fsp3) is 0.227. The summed E-state index contributed by atoms with van der Waals surface area (Å²) in [5.74, 6) is 0.720. The summed E-state index contributed by atoms with van der Waals surface area (Å²) in [4.78, 5) is 11.5. The van der Waals surface area contributed by atoms with E-state index in [1.165, 1.54) is 0 Å². The highest BCUT2D eigenvalue weighted by Gasteiger charge is 2.23. The molecule has 2 aromatic carbocycles. The number of hydrogen-bond acceptors (Lipinski definition) is 5. The number of fused-ring (bicyclic) bond motifs is 1. The average molecular weight is 371 g/mol. The highest BCUT2D eigenvalue weighted by atomic mass is 16.3. The number of aromatic hydroxyl groups is 1. The number of piperidine rings is 1. The van der Waals surface area contributed by atoms with E-state index in [4.69, 9.17) is 0 Å². The minimum atomic E-state index is 0.305. The third-order valence-electron chi connectivity index (χ3n) is 5.59. The van der Waals surface area contributed by atoms with Gasteiger partial charge in [0, 0.05) is 41.8 Å². The Hall–Kier alpha value is -3.41. The molecule has 1 fully saturated rings. The lowest BCUT2D eigenvalue weighted by Gasteiger charge is -2.33. The molecular formula is C22H21N5O. The van der Waals surface area contributed by atoms with Gasteiger partial charge in [0.15, 0.2) is 0 Å². The molecule has 1 aliphatic heterocycles. The monoisotopic (exact) mass is 371 g/mol. The van der Waals surface area contributed by atoms with Crippen LogP contribution in [0.25, 0.3) is 22.0 Å². The van der Waals surface area contributed by atoms with Gasteiger partial charge in [-0.3, -0.25) is 5.10 Å². The molecule has 6 nitrogen and oxygen atoms in total. The van der Waals surface area contributed by atoms with E-state index in [2.05, 4.69) is 43.3 Å². The first kappa shape index (κ1) is 16.7. The van der Waals surface area contributed by atoms with E-state index in [0.717, 1.165) is 59.3 Å². The molecule has 0 atom stereocenters. The van der Waals surface area contributed by atoms with E-state index >= 15 is 0 Å². The van der Waals surface area contributed by atoms with Crippen molar-refractivity contribution in [2.45, 2.75) is 18.8 Å². The van der Waals surface area contributed by atoms with Gasteiger partial charge in [0.2, 0.25) is 0 Å². The van der Waals surface area contributed by atoms with Gasteiger partial charge in [-0.2, -0.15) is 5.10 Å². The van der Waals surface area contributed by atoms with Crippen molar-refractivity contribution in [2.75, 3.05) is 18.0 Å². The molecule has 3 heterocycles. The van der Waals surface area contributed by atoms with Crippen molar-refractivity contribution < 1.29 is 5.11 Å². The van der Waals surface area contributed by atoms with Gasteiger partial charge in [-0.05, 0) is 54.8 Å². The molecule has 1 saturated heterocycles. The van der Waals surface area contributed by atoms with Gasteiger partial charge < -0.3 is 10.0 Å². The van der Waals surface area contributed by atoms with E-state index in [9.17, 15) is 5.11 Å². The Morgan fingerprint density at radius 1 is 0.964 bits per heavy atom. The number of aromatic amines is 1. The minimum Gasteiger partial charge on any atom is -0.508 e. The summed E-state index contributed by atoms with van der Waals surface area (Å²) in [6, 6.07) is 13.8. The van der Waals surface area contributed by atoms with E-state index in [1.54, 1.807) is 18.5 Å². The summed E-state index contributed by atoms with van der Waals surface area (Å²) in [7, 11) is 0. The molecule has 0 amide bonds.